The van der Waals surface area contributed by atoms with E-state index in [0.717, 1.165) is 17.8 Å². The summed E-state index contributed by atoms with van der Waals surface area (Å²) in [4.78, 5) is 29.2. The zero-order valence-corrected chi connectivity index (χ0v) is 10.2. The summed E-state index contributed by atoms with van der Waals surface area (Å²) in [5, 5.41) is 20.3. The lowest BCUT2D eigenvalue weighted by Crippen LogP contribution is -2.00. The number of carboxylic acid groups (broad SMARTS) is 1. The van der Waals surface area contributed by atoms with Crippen LogP contribution in [0.3, 0.4) is 0 Å². The van der Waals surface area contributed by atoms with Gasteiger partial charge in [-0.2, -0.15) is 0 Å². The number of rotatable bonds is 4. The minimum atomic E-state index is -1.15. The number of carboxylic acids is 1. The number of nitro groups is 1. The van der Waals surface area contributed by atoms with Crippen LogP contribution in [0.2, 0.25) is 0 Å². The number of hydrogen-bond donors (Lipinski definition) is 1. The van der Waals surface area contributed by atoms with Crippen LogP contribution in [0, 0.1) is 10.1 Å². The molecular weight excluding hydrogens is 270 g/mol. The molecule has 0 fully saturated rings. The number of nitro benzene ring substituents is 1. The normalized spacial score (nSPS) is 10.1. The third kappa shape index (κ3) is 3.05. The maximum Gasteiger partial charge on any atom is 0.336 e. The molecule has 8 heteroatoms. The molecule has 0 spiro atoms. The standard InChI is InChI=1S/C11H7N3O4S/c15-11(16)8-2-1-7(14(17)18)5-9(8)19-10-3-4-12-6-13-10/h1-6H,(H,15,16). The molecule has 0 aliphatic heterocycles. The summed E-state index contributed by atoms with van der Waals surface area (Å²) in [5.41, 5.74) is -0.171. The van der Waals surface area contributed by atoms with Crippen molar-refractivity contribution in [3.8, 4) is 0 Å². The van der Waals surface area contributed by atoms with Crippen molar-refractivity contribution in [2.75, 3.05) is 0 Å². The van der Waals surface area contributed by atoms with E-state index in [0.29, 0.717) is 5.03 Å². The fourth-order valence-electron chi connectivity index (χ4n) is 1.34. The van der Waals surface area contributed by atoms with Crippen molar-refractivity contribution in [2.45, 2.75) is 9.92 Å². The van der Waals surface area contributed by atoms with Gasteiger partial charge >= 0.3 is 5.97 Å². The van der Waals surface area contributed by atoms with Crippen LogP contribution in [0.4, 0.5) is 5.69 Å². The molecule has 1 N–H and O–H groups in total. The Morgan fingerprint density at radius 3 is 2.74 bits per heavy atom. The summed E-state index contributed by atoms with van der Waals surface area (Å²) in [6, 6.07) is 5.18. The molecule has 0 bridgehead atoms. The van der Waals surface area contributed by atoms with Crippen molar-refractivity contribution in [1.29, 1.82) is 0 Å². The van der Waals surface area contributed by atoms with E-state index in [-0.39, 0.29) is 16.1 Å². The number of non-ortho nitro benzene ring substituents is 1. The maximum atomic E-state index is 11.1. The molecule has 1 heterocycles. The van der Waals surface area contributed by atoms with E-state index in [1.807, 2.05) is 0 Å². The molecule has 96 valence electrons. The molecule has 2 aromatic rings. The number of aromatic carboxylic acids is 1. The van der Waals surface area contributed by atoms with E-state index in [1.165, 1.54) is 24.7 Å². The maximum absolute atomic E-state index is 11.1. The van der Waals surface area contributed by atoms with E-state index < -0.39 is 10.9 Å². The van der Waals surface area contributed by atoms with Crippen molar-refractivity contribution in [3.63, 3.8) is 0 Å². The molecule has 0 atom stereocenters. The summed E-state index contributed by atoms with van der Waals surface area (Å²) in [6.45, 7) is 0. The third-order valence-corrected chi connectivity index (χ3v) is 3.18. The average molecular weight is 277 g/mol. The molecule has 0 aliphatic rings. The van der Waals surface area contributed by atoms with Crippen LogP contribution in [0.1, 0.15) is 10.4 Å². The molecule has 0 unspecified atom stereocenters. The quantitative estimate of drug-likeness (QED) is 0.518. The Morgan fingerprint density at radius 2 is 2.16 bits per heavy atom. The largest absolute Gasteiger partial charge is 0.478 e. The minimum Gasteiger partial charge on any atom is -0.478 e. The molecular formula is C11H7N3O4S. The van der Waals surface area contributed by atoms with Gasteiger partial charge in [0, 0.05) is 23.2 Å². The average Bonchev–Trinajstić information content (AvgIpc) is 2.39. The van der Waals surface area contributed by atoms with Gasteiger partial charge in [-0.25, -0.2) is 14.8 Å². The Labute approximate surface area is 111 Å². The van der Waals surface area contributed by atoms with Crippen molar-refractivity contribution >= 4 is 23.4 Å². The predicted molar refractivity (Wildman–Crippen MR) is 66.2 cm³/mol. The molecule has 19 heavy (non-hydrogen) atoms. The zero-order valence-electron chi connectivity index (χ0n) is 9.39. The number of hydrogen-bond acceptors (Lipinski definition) is 6. The molecule has 0 radical (unpaired) electrons. The molecule has 0 aliphatic carbocycles. The highest BCUT2D eigenvalue weighted by molar-refractivity contribution is 7.99. The van der Waals surface area contributed by atoms with Gasteiger partial charge in [-0.15, -0.1) is 0 Å². The van der Waals surface area contributed by atoms with Gasteiger partial charge in [0.15, 0.2) is 0 Å². The van der Waals surface area contributed by atoms with Gasteiger partial charge in [0.05, 0.1) is 10.5 Å². The summed E-state index contributed by atoms with van der Waals surface area (Å²) >= 11 is 1.04. The van der Waals surface area contributed by atoms with Crippen LogP contribution in [0.15, 0.2) is 46.7 Å². The van der Waals surface area contributed by atoms with Gasteiger partial charge < -0.3 is 5.11 Å². The fourth-order valence-corrected chi connectivity index (χ4v) is 2.24. The van der Waals surface area contributed by atoms with Crippen molar-refractivity contribution in [3.05, 3.63) is 52.5 Å². The Hall–Kier alpha value is -2.48. The smallest absolute Gasteiger partial charge is 0.336 e. The Kier molecular flexibility index (Phi) is 3.71. The predicted octanol–water partition coefficient (Wildman–Crippen LogP) is 2.23. The topological polar surface area (TPSA) is 106 Å². The molecule has 2 rings (SSSR count). The van der Waals surface area contributed by atoms with E-state index in [2.05, 4.69) is 9.97 Å². The Balaban J connectivity index is 2.43. The second kappa shape index (κ2) is 5.44. The fraction of sp³-hybridized carbons (Fsp3) is 0. The van der Waals surface area contributed by atoms with Crippen molar-refractivity contribution < 1.29 is 14.8 Å². The van der Waals surface area contributed by atoms with Gasteiger partial charge in [-0.05, 0) is 12.1 Å². The number of nitrogens with zero attached hydrogens (tertiary/aromatic N) is 3. The lowest BCUT2D eigenvalue weighted by Gasteiger charge is -2.04. The van der Waals surface area contributed by atoms with E-state index in [1.54, 1.807) is 6.07 Å². The van der Waals surface area contributed by atoms with E-state index in [4.69, 9.17) is 5.11 Å². The first-order valence-corrected chi connectivity index (χ1v) is 5.85. The first kappa shape index (κ1) is 13.0. The molecule has 0 amide bonds. The van der Waals surface area contributed by atoms with Crippen LogP contribution in [0.5, 0.6) is 0 Å². The lowest BCUT2D eigenvalue weighted by molar-refractivity contribution is -0.385. The van der Waals surface area contributed by atoms with Crippen LogP contribution in [-0.4, -0.2) is 26.0 Å². The molecule has 7 nitrogen and oxygen atoms in total. The summed E-state index contributed by atoms with van der Waals surface area (Å²) in [6.07, 6.45) is 2.83. The SMILES string of the molecule is O=C(O)c1ccc([N+](=O)[O-])cc1Sc1ccncn1. The minimum absolute atomic E-state index is 0.00536. The number of carbonyl (C=O) groups is 1. The zero-order chi connectivity index (χ0) is 13.8. The second-order valence-corrected chi connectivity index (χ2v) is 4.45. The van der Waals surface area contributed by atoms with Gasteiger partial charge in [0.25, 0.3) is 5.69 Å². The second-order valence-electron chi connectivity index (χ2n) is 3.39. The van der Waals surface area contributed by atoms with Gasteiger partial charge in [0.1, 0.15) is 11.4 Å². The van der Waals surface area contributed by atoms with Crippen LogP contribution in [0.25, 0.3) is 0 Å². The van der Waals surface area contributed by atoms with Crippen LogP contribution >= 0.6 is 11.8 Å². The number of benzene rings is 1. The molecule has 0 saturated carbocycles. The van der Waals surface area contributed by atoms with Crippen LogP contribution < -0.4 is 0 Å². The Morgan fingerprint density at radius 1 is 1.37 bits per heavy atom. The summed E-state index contributed by atoms with van der Waals surface area (Å²) in [7, 11) is 0. The summed E-state index contributed by atoms with van der Waals surface area (Å²) < 4.78 is 0. The van der Waals surface area contributed by atoms with Crippen molar-refractivity contribution in [1.82, 2.24) is 9.97 Å². The highest BCUT2D eigenvalue weighted by atomic mass is 32.2. The van der Waals surface area contributed by atoms with E-state index >= 15 is 0 Å². The molecule has 1 aromatic carbocycles. The number of aromatic nitrogens is 2. The highest BCUT2D eigenvalue weighted by Gasteiger charge is 2.16. The van der Waals surface area contributed by atoms with Gasteiger partial charge in [-0.1, -0.05) is 11.8 Å². The first-order chi connectivity index (χ1) is 9.08. The third-order valence-electron chi connectivity index (χ3n) is 2.18. The molecule has 1 aromatic heterocycles. The lowest BCUT2D eigenvalue weighted by atomic mass is 10.2. The van der Waals surface area contributed by atoms with Gasteiger partial charge in [0.2, 0.25) is 0 Å². The highest BCUT2D eigenvalue weighted by Crippen LogP contribution is 2.31. The first-order valence-electron chi connectivity index (χ1n) is 5.03. The van der Waals surface area contributed by atoms with Gasteiger partial charge in [-0.3, -0.25) is 10.1 Å². The Bertz CT molecular complexity index is 633. The van der Waals surface area contributed by atoms with E-state index in [9.17, 15) is 14.9 Å². The monoisotopic (exact) mass is 277 g/mol. The van der Waals surface area contributed by atoms with Crippen LogP contribution in [-0.2, 0) is 0 Å². The molecule has 0 saturated heterocycles. The van der Waals surface area contributed by atoms with Crippen molar-refractivity contribution in [2.24, 2.45) is 0 Å². The summed E-state index contributed by atoms with van der Waals surface area (Å²) in [5.74, 6) is -1.15.